The number of ether oxygens (including phenoxy) is 3. The molecule has 75 heavy (non-hydrogen) atoms. The van der Waals surface area contributed by atoms with Crippen LogP contribution in [0.15, 0.2) is 91.0 Å². The third-order valence-corrected chi connectivity index (χ3v) is 20.0. The fourth-order valence-corrected chi connectivity index (χ4v) is 14.7. The molecule has 396 valence electrons. The molecule has 4 atom stereocenters. The molecule has 5 aromatic carbocycles. The Morgan fingerprint density at radius 1 is 0.800 bits per heavy atom. The number of hydrogen-bond donors (Lipinski definition) is 1. The summed E-state index contributed by atoms with van der Waals surface area (Å²) < 4.78 is 48.2. The van der Waals surface area contributed by atoms with E-state index in [9.17, 15) is 32.7 Å². The minimum Gasteiger partial charge on any atom is -0.493 e. The van der Waals surface area contributed by atoms with Crippen molar-refractivity contribution in [3.63, 3.8) is 0 Å². The maximum absolute atomic E-state index is 14.2. The minimum absolute atomic E-state index is 0.0551. The molecule has 4 aliphatic heterocycles. The van der Waals surface area contributed by atoms with Gasteiger partial charge in [-0.15, -0.1) is 0 Å². The number of ketones is 1. The minimum atomic E-state index is -4.00. The molecule has 0 saturated heterocycles. The lowest BCUT2D eigenvalue weighted by atomic mass is 9.96. The van der Waals surface area contributed by atoms with Crippen LogP contribution in [0.4, 0.5) is 17.1 Å². The molecule has 4 heterocycles. The Kier molecular flexibility index (Phi) is 16.1. The highest BCUT2D eigenvalue weighted by Gasteiger charge is 2.42. The van der Waals surface area contributed by atoms with Gasteiger partial charge in [-0.05, 0) is 153 Å². The molecule has 0 aliphatic carbocycles. The quantitative estimate of drug-likeness (QED) is 0.0445. The van der Waals surface area contributed by atoms with Gasteiger partial charge in [-0.2, -0.15) is 8.42 Å². The molecule has 14 nitrogen and oxygen atoms in total. The molecule has 0 saturated carbocycles. The van der Waals surface area contributed by atoms with Crippen molar-refractivity contribution in [2.75, 3.05) is 41.7 Å². The number of carbonyl (C=O) groups excluding carboxylic acids is 4. The van der Waals surface area contributed by atoms with E-state index in [1.165, 1.54) is 16.4 Å². The Morgan fingerprint density at radius 2 is 1.43 bits per heavy atom. The molecule has 2 unspecified atom stereocenters. The summed E-state index contributed by atoms with van der Waals surface area (Å²) in [5.74, 6) is 1.20. The standard InChI is InChI=1S/C58H65N3O11S3/c1-8-49(62)54(75(67,68)70-7)20-22-73-74-58(3,4)21-19-55(64)59(5)43-25-36(33-71-51-31-41-29-50(63)48-28-40-14-10-12-16-47(40)61(48)57(66)44(41)23-35(51)2)24-37(26-43)34-72-53-30-38-17-18-42-27-39-13-9-11-15-46(39)60(42)56(65)45(38)32-52(53)69-6/h9-16,23-26,30-32,42,48,50,54,63H,8,17-22,27-29,33-34H2,1-7H3/t42-,48+,50?,54?/m1/s1. The Morgan fingerprint density at radius 3 is 2.11 bits per heavy atom. The number of hydrogen-bond acceptors (Lipinski definition) is 13. The fourth-order valence-electron chi connectivity index (χ4n) is 10.8. The molecular formula is C58H65N3O11S3. The van der Waals surface area contributed by atoms with Crippen molar-refractivity contribution in [2.24, 2.45) is 0 Å². The van der Waals surface area contributed by atoms with Crippen molar-refractivity contribution in [1.82, 2.24) is 0 Å². The van der Waals surface area contributed by atoms with Crippen molar-refractivity contribution >= 4 is 72.3 Å². The van der Waals surface area contributed by atoms with E-state index in [-0.39, 0.29) is 79.2 Å². The van der Waals surface area contributed by atoms with Gasteiger partial charge in [0.2, 0.25) is 5.91 Å². The summed E-state index contributed by atoms with van der Waals surface area (Å²) in [5.41, 5.74) is 9.63. The number of aliphatic hydroxyl groups excluding tert-OH is 1. The Balaban J connectivity index is 0.935. The van der Waals surface area contributed by atoms with Crippen LogP contribution in [0.2, 0.25) is 0 Å². The summed E-state index contributed by atoms with van der Waals surface area (Å²) in [5, 5.41) is 10.3. The molecule has 0 aromatic heterocycles. The number of anilines is 3. The van der Waals surface area contributed by atoms with Crippen molar-refractivity contribution in [1.29, 1.82) is 0 Å². The molecule has 0 spiro atoms. The van der Waals surface area contributed by atoms with E-state index in [0.29, 0.717) is 64.6 Å². The number of amides is 3. The van der Waals surface area contributed by atoms with Crippen molar-refractivity contribution in [2.45, 2.75) is 127 Å². The highest BCUT2D eigenvalue weighted by atomic mass is 33.1. The highest BCUT2D eigenvalue weighted by Crippen LogP contribution is 2.43. The molecule has 1 N–H and O–H groups in total. The van der Waals surface area contributed by atoms with E-state index in [0.717, 1.165) is 59.1 Å². The number of Topliss-reactive ketones (excluding diaryl/α,β-unsaturated/α-hetero) is 1. The van der Waals surface area contributed by atoms with E-state index in [1.54, 1.807) is 47.7 Å². The van der Waals surface area contributed by atoms with Crippen molar-refractivity contribution < 1.29 is 51.1 Å². The molecule has 9 rings (SSSR count). The number of carbonyl (C=O) groups is 4. The van der Waals surface area contributed by atoms with Gasteiger partial charge in [0.1, 0.15) is 24.2 Å². The second-order valence-electron chi connectivity index (χ2n) is 20.4. The summed E-state index contributed by atoms with van der Waals surface area (Å²) in [7, 11) is 3.38. The molecule has 0 bridgehead atoms. The molecule has 0 fully saturated rings. The molecule has 17 heteroatoms. The van der Waals surface area contributed by atoms with Gasteiger partial charge < -0.3 is 34.0 Å². The zero-order valence-electron chi connectivity index (χ0n) is 43.6. The lowest BCUT2D eigenvalue weighted by molar-refractivity contribution is -0.119. The average Bonchev–Trinajstić information content (AvgIpc) is 3.93. The van der Waals surface area contributed by atoms with Crippen LogP contribution < -0.4 is 28.9 Å². The van der Waals surface area contributed by atoms with Crippen LogP contribution >= 0.6 is 21.6 Å². The smallest absolute Gasteiger partial charge is 0.277 e. The first-order valence-electron chi connectivity index (χ1n) is 25.5. The van der Waals surface area contributed by atoms with Gasteiger partial charge in [-0.3, -0.25) is 23.4 Å². The number of rotatable bonds is 20. The first-order chi connectivity index (χ1) is 35.9. The lowest BCUT2D eigenvalue weighted by Gasteiger charge is -2.26. The summed E-state index contributed by atoms with van der Waals surface area (Å²) in [6.45, 7) is 7.82. The van der Waals surface area contributed by atoms with E-state index >= 15 is 0 Å². The van der Waals surface area contributed by atoms with E-state index in [1.807, 2.05) is 105 Å². The van der Waals surface area contributed by atoms with E-state index in [2.05, 4.69) is 10.2 Å². The first kappa shape index (κ1) is 54.0. The van der Waals surface area contributed by atoms with Crippen LogP contribution in [0.3, 0.4) is 0 Å². The molecular weight excluding hydrogens is 1010 g/mol. The van der Waals surface area contributed by atoms with E-state index < -0.39 is 21.5 Å². The van der Waals surface area contributed by atoms with Crippen LogP contribution in [0.1, 0.15) is 113 Å². The predicted molar refractivity (Wildman–Crippen MR) is 295 cm³/mol. The monoisotopic (exact) mass is 1080 g/mol. The number of aliphatic hydroxyl groups is 1. The second-order valence-corrected chi connectivity index (χ2v) is 25.5. The van der Waals surface area contributed by atoms with Crippen LogP contribution in [0, 0.1) is 6.92 Å². The second kappa shape index (κ2) is 22.4. The normalized spacial score (nSPS) is 18.2. The van der Waals surface area contributed by atoms with Crippen molar-refractivity contribution in [3.05, 3.63) is 141 Å². The number of benzene rings is 5. The molecule has 3 amide bonds. The van der Waals surface area contributed by atoms with Gasteiger partial charge in [0.25, 0.3) is 21.9 Å². The van der Waals surface area contributed by atoms with Gasteiger partial charge in [-0.25, -0.2) is 0 Å². The van der Waals surface area contributed by atoms with Crippen LogP contribution in [0.5, 0.6) is 17.2 Å². The zero-order chi connectivity index (χ0) is 53.3. The van der Waals surface area contributed by atoms with Crippen LogP contribution in [0.25, 0.3) is 0 Å². The van der Waals surface area contributed by atoms with Gasteiger partial charge in [-0.1, -0.05) is 64.9 Å². The third-order valence-electron chi connectivity index (χ3n) is 15.0. The summed E-state index contributed by atoms with van der Waals surface area (Å²) in [6.07, 6.45) is 3.35. The SMILES string of the molecule is CCC(=O)C(CCSSC(C)(C)CCC(=O)N(C)c1cc(COc2cc3c(cc2C)C(=O)N2c4ccccc4C[C@H]2C(O)C3)cc(COc2cc3c(cc2OC)C(=O)N2c4ccccc4C[C@H]2CC3)c1)S(=O)(=O)OC. The zero-order valence-corrected chi connectivity index (χ0v) is 46.0. The largest absolute Gasteiger partial charge is 0.493 e. The van der Waals surface area contributed by atoms with Gasteiger partial charge >= 0.3 is 0 Å². The molecule has 5 aromatic rings. The summed E-state index contributed by atoms with van der Waals surface area (Å²) >= 11 is 0. The highest BCUT2D eigenvalue weighted by molar-refractivity contribution is 8.77. The molecule has 4 aliphatic rings. The van der Waals surface area contributed by atoms with Crippen LogP contribution in [-0.4, -0.2) is 92.2 Å². The average molecular weight is 1080 g/mol. The van der Waals surface area contributed by atoms with Gasteiger partial charge in [0.15, 0.2) is 17.3 Å². The van der Waals surface area contributed by atoms with Gasteiger partial charge in [0, 0.05) is 71.0 Å². The number of para-hydroxylation sites is 2. The maximum atomic E-state index is 14.2. The Labute approximate surface area is 448 Å². The lowest BCUT2D eigenvalue weighted by Crippen LogP contribution is -2.43. The van der Waals surface area contributed by atoms with Crippen molar-refractivity contribution in [3.8, 4) is 17.2 Å². The first-order valence-corrected chi connectivity index (χ1v) is 29.3. The molecule has 0 radical (unpaired) electrons. The topological polar surface area (TPSA) is 169 Å². The number of aryl methyl sites for hydroxylation is 2. The summed E-state index contributed by atoms with van der Waals surface area (Å²) in [6, 6.07) is 28.8. The number of fused-ring (bicyclic) bond motifs is 8. The number of methoxy groups -OCH3 is 1. The fraction of sp³-hybridized carbons (Fsp3) is 0.414. The Hall–Kier alpha value is -5.85. The van der Waals surface area contributed by atoms with Crippen LogP contribution in [-0.2, 0) is 62.8 Å². The van der Waals surface area contributed by atoms with E-state index in [4.69, 9.17) is 14.2 Å². The maximum Gasteiger partial charge on any atom is 0.277 e. The summed E-state index contributed by atoms with van der Waals surface area (Å²) in [4.78, 5) is 60.2. The number of nitrogens with zero attached hydrogens (tertiary/aromatic N) is 3. The predicted octanol–water partition coefficient (Wildman–Crippen LogP) is 9.78. The third kappa shape index (κ3) is 11.3. The Bertz CT molecular complexity index is 3140. The van der Waals surface area contributed by atoms with Gasteiger partial charge in [0.05, 0.1) is 26.4 Å².